The van der Waals surface area contributed by atoms with Gasteiger partial charge in [-0.25, -0.2) is 4.39 Å². The van der Waals surface area contributed by atoms with Crippen molar-refractivity contribution in [3.05, 3.63) is 52.4 Å². The summed E-state index contributed by atoms with van der Waals surface area (Å²) in [6.45, 7) is 6.88. The standard InChI is InChI=1S/C24H27FN6O2/c1-14-7-16-3-4-19(23(25)18(16)8-14)33-24-29-21(28-20-9-15(2)12-27-20)10-22(30-24)31-5-6-32-17(11-26)13-31/h3-4,8-10,17H,5-7,11-13,26H2,1-2H3,(H,27,28,29,30). The SMILES string of the molecule is CC1=CC(Nc2cc(N3CCOC(CN)C3)nc(Oc3ccc4c(c3F)C=C(C)C4)n2)=NC1. The van der Waals surface area contributed by atoms with E-state index in [2.05, 4.69) is 25.2 Å². The van der Waals surface area contributed by atoms with Crippen LogP contribution in [-0.4, -0.2) is 54.7 Å². The van der Waals surface area contributed by atoms with E-state index in [9.17, 15) is 0 Å². The fraction of sp³-hybridized carbons (Fsp3) is 0.375. The first kappa shape index (κ1) is 21.5. The van der Waals surface area contributed by atoms with E-state index in [4.69, 9.17) is 15.2 Å². The number of halogens is 1. The van der Waals surface area contributed by atoms with E-state index in [-0.39, 0.29) is 17.9 Å². The van der Waals surface area contributed by atoms with Crippen molar-refractivity contribution in [2.75, 3.05) is 43.0 Å². The quantitative estimate of drug-likeness (QED) is 0.721. The van der Waals surface area contributed by atoms with Crippen LogP contribution >= 0.6 is 0 Å². The molecule has 9 heteroatoms. The number of hydrogen-bond donors (Lipinski definition) is 2. The molecule has 3 N–H and O–H groups in total. The van der Waals surface area contributed by atoms with Crippen LogP contribution in [-0.2, 0) is 11.2 Å². The van der Waals surface area contributed by atoms with Crippen LogP contribution in [0.1, 0.15) is 25.0 Å². The highest BCUT2D eigenvalue weighted by Crippen LogP contribution is 2.34. The average Bonchev–Trinajstić information content (AvgIpc) is 3.40. The third-order valence-corrected chi connectivity index (χ3v) is 5.85. The summed E-state index contributed by atoms with van der Waals surface area (Å²) in [7, 11) is 0. The molecule has 3 aliphatic rings. The number of anilines is 2. The molecule has 0 bridgehead atoms. The lowest BCUT2D eigenvalue weighted by atomic mass is 10.1. The molecule has 1 aromatic heterocycles. The van der Waals surface area contributed by atoms with Gasteiger partial charge in [-0.1, -0.05) is 17.7 Å². The highest BCUT2D eigenvalue weighted by molar-refractivity contribution is 6.05. The zero-order valence-electron chi connectivity index (χ0n) is 18.8. The molecule has 172 valence electrons. The maximum Gasteiger partial charge on any atom is 0.326 e. The van der Waals surface area contributed by atoms with Crippen LogP contribution in [0.15, 0.2) is 40.4 Å². The minimum atomic E-state index is -0.402. The van der Waals surface area contributed by atoms with Gasteiger partial charge in [-0.15, -0.1) is 0 Å². The van der Waals surface area contributed by atoms with Gasteiger partial charge in [0.15, 0.2) is 11.6 Å². The van der Waals surface area contributed by atoms with Gasteiger partial charge < -0.3 is 25.4 Å². The van der Waals surface area contributed by atoms with Crippen molar-refractivity contribution >= 4 is 23.5 Å². The predicted octanol–water partition coefficient (Wildman–Crippen LogP) is 3.30. The zero-order valence-corrected chi connectivity index (χ0v) is 18.8. The fourth-order valence-corrected chi connectivity index (χ4v) is 4.19. The molecule has 0 saturated carbocycles. The smallest absolute Gasteiger partial charge is 0.326 e. The second-order valence-corrected chi connectivity index (χ2v) is 8.61. The molecule has 1 aliphatic carbocycles. The van der Waals surface area contributed by atoms with E-state index in [1.165, 1.54) is 0 Å². The van der Waals surface area contributed by atoms with Crippen LogP contribution < -0.4 is 20.7 Å². The van der Waals surface area contributed by atoms with Crippen LogP contribution in [0.25, 0.3) is 6.08 Å². The Morgan fingerprint density at radius 2 is 2.12 bits per heavy atom. The monoisotopic (exact) mass is 450 g/mol. The summed E-state index contributed by atoms with van der Waals surface area (Å²) in [6.07, 6.45) is 4.50. The number of aromatic nitrogens is 2. The Hall–Kier alpha value is -3.30. The van der Waals surface area contributed by atoms with Crippen molar-refractivity contribution in [2.45, 2.75) is 26.4 Å². The predicted molar refractivity (Wildman–Crippen MR) is 127 cm³/mol. The maximum atomic E-state index is 15.1. The van der Waals surface area contributed by atoms with Gasteiger partial charge in [-0.3, -0.25) is 4.99 Å². The molecule has 33 heavy (non-hydrogen) atoms. The van der Waals surface area contributed by atoms with Crippen molar-refractivity contribution in [1.29, 1.82) is 0 Å². The third kappa shape index (κ3) is 4.60. The number of nitrogens with zero attached hydrogens (tertiary/aromatic N) is 4. The number of morpholine rings is 1. The minimum absolute atomic E-state index is 0.0580. The molecular formula is C24H27FN6O2. The van der Waals surface area contributed by atoms with Crippen molar-refractivity contribution in [3.8, 4) is 11.8 Å². The number of nitrogens with two attached hydrogens (primary N) is 1. The summed E-state index contributed by atoms with van der Waals surface area (Å²) >= 11 is 0. The number of hydrogen-bond acceptors (Lipinski definition) is 8. The number of rotatable bonds is 5. The third-order valence-electron chi connectivity index (χ3n) is 5.85. The van der Waals surface area contributed by atoms with Crippen molar-refractivity contribution in [1.82, 2.24) is 9.97 Å². The molecule has 2 aliphatic heterocycles. The van der Waals surface area contributed by atoms with Crippen molar-refractivity contribution in [3.63, 3.8) is 0 Å². The Bertz CT molecular complexity index is 1180. The summed E-state index contributed by atoms with van der Waals surface area (Å²) in [5.74, 6) is 1.59. The molecule has 5 rings (SSSR count). The van der Waals surface area contributed by atoms with Gasteiger partial charge in [0, 0.05) is 31.3 Å². The van der Waals surface area contributed by atoms with Crippen LogP contribution in [0.3, 0.4) is 0 Å². The maximum absolute atomic E-state index is 15.1. The van der Waals surface area contributed by atoms with Crippen LogP contribution in [0.4, 0.5) is 16.0 Å². The molecule has 1 unspecified atom stereocenters. The molecule has 0 spiro atoms. The first-order valence-electron chi connectivity index (χ1n) is 11.1. The van der Waals surface area contributed by atoms with Crippen LogP contribution in [0.5, 0.6) is 11.8 Å². The number of aliphatic imine (C=N–C) groups is 1. The van der Waals surface area contributed by atoms with Crippen LogP contribution in [0.2, 0.25) is 0 Å². The minimum Gasteiger partial charge on any atom is -0.421 e. The molecule has 1 atom stereocenters. The van der Waals surface area contributed by atoms with E-state index in [0.29, 0.717) is 55.8 Å². The number of amidine groups is 1. The first-order valence-corrected chi connectivity index (χ1v) is 11.1. The van der Waals surface area contributed by atoms with E-state index in [1.807, 2.05) is 38.1 Å². The number of fused-ring (bicyclic) bond motifs is 1. The number of ether oxygens (including phenoxy) is 2. The normalized spacial score (nSPS) is 19.7. The van der Waals surface area contributed by atoms with E-state index >= 15 is 4.39 Å². The molecule has 2 aromatic rings. The number of benzene rings is 1. The number of nitrogens with one attached hydrogen (secondary N) is 1. The second kappa shape index (κ2) is 8.92. The average molecular weight is 451 g/mol. The van der Waals surface area contributed by atoms with Crippen molar-refractivity contribution < 1.29 is 13.9 Å². The Labute approximate surface area is 192 Å². The molecule has 1 fully saturated rings. The second-order valence-electron chi connectivity index (χ2n) is 8.61. The highest BCUT2D eigenvalue weighted by Gasteiger charge is 2.23. The van der Waals surface area contributed by atoms with Gasteiger partial charge in [0.2, 0.25) is 0 Å². The topological polar surface area (TPSA) is 97.9 Å². The van der Waals surface area contributed by atoms with Gasteiger partial charge in [-0.2, -0.15) is 9.97 Å². The van der Waals surface area contributed by atoms with Gasteiger partial charge in [-0.05, 0) is 43.5 Å². The lowest BCUT2D eigenvalue weighted by molar-refractivity contribution is 0.0462. The highest BCUT2D eigenvalue weighted by atomic mass is 19.1. The van der Waals surface area contributed by atoms with E-state index in [1.54, 1.807) is 6.07 Å². The van der Waals surface area contributed by atoms with Gasteiger partial charge in [0.25, 0.3) is 0 Å². The Morgan fingerprint density at radius 3 is 2.91 bits per heavy atom. The fourth-order valence-electron chi connectivity index (χ4n) is 4.19. The van der Waals surface area contributed by atoms with E-state index < -0.39 is 5.82 Å². The summed E-state index contributed by atoms with van der Waals surface area (Å²) in [6, 6.07) is 5.41. The van der Waals surface area contributed by atoms with Gasteiger partial charge in [0.05, 0.1) is 19.3 Å². The summed E-state index contributed by atoms with van der Waals surface area (Å²) in [5, 5.41) is 3.22. The summed E-state index contributed by atoms with van der Waals surface area (Å²) in [4.78, 5) is 15.6. The molecule has 0 amide bonds. The number of allylic oxidation sites excluding steroid dienone is 1. The Morgan fingerprint density at radius 1 is 1.24 bits per heavy atom. The molecule has 8 nitrogen and oxygen atoms in total. The lowest BCUT2D eigenvalue weighted by Gasteiger charge is -2.33. The molecule has 0 radical (unpaired) electrons. The largest absolute Gasteiger partial charge is 0.421 e. The Kier molecular flexibility index (Phi) is 5.82. The lowest BCUT2D eigenvalue weighted by Crippen LogP contribution is -2.46. The first-order chi connectivity index (χ1) is 16.0. The van der Waals surface area contributed by atoms with Gasteiger partial charge >= 0.3 is 6.01 Å². The summed E-state index contributed by atoms with van der Waals surface area (Å²) in [5.41, 5.74) is 9.61. The molecule has 1 saturated heterocycles. The van der Waals surface area contributed by atoms with Crippen LogP contribution in [0, 0.1) is 5.82 Å². The molecular weight excluding hydrogens is 423 g/mol. The van der Waals surface area contributed by atoms with Crippen molar-refractivity contribution in [2.24, 2.45) is 10.7 Å². The molecule has 3 heterocycles. The molecule has 1 aromatic carbocycles. The van der Waals surface area contributed by atoms with E-state index in [0.717, 1.165) is 23.1 Å². The summed E-state index contributed by atoms with van der Waals surface area (Å²) < 4.78 is 26.7. The van der Waals surface area contributed by atoms with Gasteiger partial charge in [0.1, 0.15) is 17.5 Å². The Balaban J connectivity index is 1.47. The zero-order chi connectivity index (χ0) is 22.9.